The molecule has 6 heteroatoms. The molecule has 1 heterocycles. The lowest BCUT2D eigenvalue weighted by atomic mass is 9.97. The van der Waals surface area contributed by atoms with Crippen molar-refractivity contribution in [2.45, 2.75) is 25.2 Å². The van der Waals surface area contributed by atoms with Crippen molar-refractivity contribution in [2.75, 3.05) is 19.7 Å². The summed E-state index contributed by atoms with van der Waals surface area (Å²) in [4.78, 5) is 3.01. The average Bonchev–Trinajstić information content (AvgIpc) is 3.14. The normalized spacial score (nSPS) is 23.7. The molecule has 0 unspecified atom stereocenters. The van der Waals surface area contributed by atoms with Crippen LogP contribution < -0.4 is 0 Å². The molecule has 114 valence electrons. The van der Waals surface area contributed by atoms with E-state index in [0.717, 1.165) is 24.4 Å². The number of likely N-dealkylation sites (tertiary alicyclic amines) is 1. The molecule has 0 aromatic heterocycles. The van der Waals surface area contributed by atoms with Crippen LogP contribution in [0, 0.1) is 5.41 Å². The van der Waals surface area contributed by atoms with E-state index >= 15 is 0 Å². The van der Waals surface area contributed by atoms with Crippen LogP contribution in [0.4, 0.5) is 0 Å². The second kappa shape index (κ2) is 5.58. The first-order chi connectivity index (χ1) is 9.96. The monoisotopic (exact) mass is 345 g/mol. The summed E-state index contributed by atoms with van der Waals surface area (Å²) < 4.78 is 0. The van der Waals surface area contributed by atoms with Crippen LogP contribution in [0.3, 0.4) is 0 Å². The smallest absolute Gasteiger partial charge is 0.120 e. The number of benzene rings is 1. The Bertz CT molecular complexity index is 589. The molecule has 0 bridgehead atoms. The number of phenols is 1. The van der Waals surface area contributed by atoms with E-state index in [1.54, 1.807) is 12.1 Å². The van der Waals surface area contributed by atoms with Gasteiger partial charge < -0.3 is 15.1 Å². The van der Waals surface area contributed by atoms with Crippen LogP contribution in [0.15, 0.2) is 12.1 Å². The Morgan fingerprint density at radius 2 is 2.05 bits per heavy atom. The van der Waals surface area contributed by atoms with Gasteiger partial charge in [0.05, 0.1) is 21.6 Å². The molecule has 0 amide bonds. The van der Waals surface area contributed by atoms with Gasteiger partial charge in [-0.2, -0.15) is 0 Å². The maximum Gasteiger partial charge on any atom is 0.120 e. The molecule has 2 aliphatic rings. The van der Waals surface area contributed by atoms with Crippen molar-refractivity contribution in [2.24, 2.45) is 5.41 Å². The first kappa shape index (κ1) is 15.3. The highest BCUT2D eigenvalue weighted by Gasteiger charge is 2.45. The zero-order chi connectivity index (χ0) is 15.2. The minimum absolute atomic E-state index is 0.0269. The maximum absolute atomic E-state index is 10.1. The Hall–Kier alpha value is -0.550. The zero-order valence-corrected chi connectivity index (χ0v) is 13.8. The summed E-state index contributed by atoms with van der Waals surface area (Å²) in [5, 5.41) is 20.4. The molecule has 1 aromatic carbocycles. The summed E-state index contributed by atoms with van der Waals surface area (Å²) in [5.74, 6) is 0.223. The lowest BCUT2D eigenvalue weighted by Gasteiger charge is -2.24. The third kappa shape index (κ3) is 2.87. The highest BCUT2D eigenvalue weighted by molar-refractivity contribution is 7.80. The molecule has 3 rings (SSSR count). The summed E-state index contributed by atoms with van der Waals surface area (Å²) >= 11 is 17.8. The fraction of sp³-hybridized carbons (Fsp3) is 0.533. The first-order valence-electron chi connectivity index (χ1n) is 7.01. The van der Waals surface area contributed by atoms with Gasteiger partial charge in [-0.05, 0) is 25.0 Å². The Morgan fingerprint density at radius 3 is 2.67 bits per heavy atom. The molecule has 1 saturated heterocycles. The van der Waals surface area contributed by atoms with E-state index in [1.807, 2.05) is 0 Å². The minimum Gasteiger partial charge on any atom is -0.508 e. The number of aliphatic hydroxyl groups is 1. The molecule has 1 saturated carbocycles. The number of aromatic hydroxyl groups is 1. The van der Waals surface area contributed by atoms with E-state index in [4.69, 9.17) is 35.4 Å². The molecule has 0 radical (unpaired) electrons. The van der Waals surface area contributed by atoms with Gasteiger partial charge in [0.15, 0.2) is 0 Å². The van der Waals surface area contributed by atoms with Gasteiger partial charge in [-0.3, -0.25) is 0 Å². The summed E-state index contributed by atoms with van der Waals surface area (Å²) in [5.41, 5.74) is 0.710. The van der Waals surface area contributed by atoms with Crippen LogP contribution in [0.1, 0.15) is 30.7 Å². The van der Waals surface area contributed by atoms with Crippen LogP contribution in [0.25, 0.3) is 0 Å². The van der Waals surface area contributed by atoms with Crippen LogP contribution in [0.5, 0.6) is 5.75 Å². The van der Waals surface area contributed by atoms with Crippen molar-refractivity contribution in [1.82, 2.24) is 4.90 Å². The number of nitrogens with zero attached hydrogens (tertiary/aromatic N) is 1. The van der Waals surface area contributed by atoms with Crippen molar-refractivity contribution in [3.05, 3.63) is 27.7 Å². The van der Waals surface area contributed by atoms with Gasteiger partial charge in [0.1, 0.15) is 5.75 Å². The Morgan fingerprint density at radius 1 is 1.33 bits per heavy atom. The second-order valence-corrected chi connectivity index (χ2v) is 7.38. The summed E-state index contributed by atoms with van der Waals surface area (Å²) in [6.45, 7) is 1.71. The number of aliphatic hydroxyl groups excluding tert-OH is 1. The van der Waals surface area contributed by atoms with Crippen molar-refractivity contribution >= 4 is 40.4 Å². The van der Waals surface area contributed by atoms with Crippen LogP contribution in [-0.2, 0) is 0 Å². The van der Waals surface area contributed by atoms with Crippen LogP contribution in [-0.4, -0.2) is 39.8 Å². The predicted molar refractivity (Wildman–Crippen MR) is 88.4 cm³/mol. The predicted octanol–water partition coefficient (Wildman–Crippen LogP) is 3.59. The van der Waals surface area contributed by atoms with Gasteiger partial charge in [0.25, 0.3) is 0 Å². The third-order valence-electron chi connectivity index (χ3n) is 4.55. The van der Waals surface area contributed by atoms with E-state index in [9.17, 15) is 10.2 Å². The Balaban J connectivity index is 1.80. The van der Waals surface area contributed by atoms with E-state index in [-0.39, 0.29) is 23.7 Å². The minimum atomic E-state index is 0.0269. The number of halogens is 2. The van der Waals surface area contributed by atoms with Gasteiger partial charge in [0, 0.05) is 36.4 Å². The molecule has 1 aromatic rings. The fourth-order valence-electron chi connectivity index (χ4n) is 3.01. The van der Waals surface area contributed by atoms with Gasteiger partial charge >= 0.3 is 0 Å². The molecule has 2 fully saturated rings. The van der Waals surface area contributed by atoms with Crippen molar-refractivity contribution in [3.63, 3.8) is 0 Å². The highest BCUT2D eigenvalue weighted by atomic mass is 35.5. The summed E-state index contributed by atoms with van der Waals surface area (Å²) in [7, 11) is 0. The van der Waals surface area contributed by atoms with Gasteiger partial charge in [-0.15, -0.1) is 0 Å². The maximum atomic E-state index is 10.1. The molecule has 21 heavy (non-hydrogen) atoms. The van der Waals surface area contributed by atoms with Crippen molar-refractivity contribution < 1.29 is 10.2 Å². The average molecular weight is 346 g/mol. The molecule has 1 aliphatic heterocycles. The van der Waals surface area contributed by atoms with Gasteiger partial charge in [-0.1, -0.05) is 35.4 Å². The Labute approximate surface area is 139 Å². The SMILES string of the molecule is OCC1(CN2C[C@@H](c3c(O)ccc(Cl)c3Cl)CC2=S)CC1. The lowest BCUT2D eigenvalue weighted by Crippen LogP contribution is -2.32. The van der Waals surface area contributed by atoms with Gasteiger partial charge in [-0.25, -0.2) is 0 Å². The summed E-state index contributed by atoms with van der Waals surface area (Å²) in [6, 6.07) is 3.17. The number of rotatable bonds is 4. The van der Waals surface area contributed by atoms with E-state index < -0.39 is 0 Å². The van der Waals surface area contributed by atoms with Crippen molar-refractivity contribution in [1.29, 1.82) is 0 Å². The number of hydrogen-bond donors (Lipinski definition) is 2. The second-order valence-electron chi connectivity index (χ2n) is 6.13. The fourth-order valence-corrected chi connectivity index (χ4v) is 3.83. The van der Waals surface area contributed by atoms with E-state index in [1.165, 1.54) is 0 Å². The number of phenolic OH excluding ortho intramolecular Hbond substituents is 1. The highest BCUT2D eigenvalue weighted by Crippen LogP contribution is 2.48. The first-order valence-corrected chi connectivity index (χ1v) is 8.18. The van der Waals surface area contributed by atoms with Crippen molar-refractivity contribution in [3.8, 4) is 5.75 Å². The lowest BCUT2D eigenvalue weighted by molar-refractivity contribution is 0.184. The topological polar surface area (TPSA) is 43.7 Å². The quantitative estimate of drug-likeness (QED) is 0.818. The largest absolute Gasteiger partial charge is 0.508 e. The molecular weight excluding hydrogens is 329 g/mol. The summed E-state index contributed by atoms with van der Waals surface area (Å²) in [6.07, 6.45) is 2.79. The van der Waals surface area contributed by atoms with E-state index in [2.05, 4.69) is 4.90 Å². The Kier molecular flexibility index (Phi) is 4.08. The zero-order valence-electron chi connectivity index (χ0n) is 11.5. The number of hydrogen-bond acceptors (Lipinski definition) is 3. The molecule has 1 atom stereocenters. The molecular formula is C15H17Cl2NO2S. The molecule has 2 N–H and O–H groups in total. The third-order valence-corrected chi connectivity index (χ3v) is 5.79. The molecule has 1 aliphatic carbocycles. The number of thiocarbonyl (C=S) groups is 1. The van der Waals surface area contributed by atoms with E-state index in [0.29, 0.717) is 28.6 Å². The molecule has 0 spiro atoms. The standard InChI is InChI=1S/C15H17Cl2NO2S/c16-10-1-2-11(20)13(14(10)17)9-5-12(21)18(6-9)7-15(8-19)3-4-15/h1-2,9,19-20H,3-8H2/t9-/m0/s1. The van der Waals surface area contributed by atoms with Gasteiger partial charge in [0.2, 0.25) is 0 Å². The van der Waals surface area contributed by atoms with Crippen LogP contribution in [0.2, 0.25) is 10.0 Å². The van der Waals surface area contributed by atoms with Crippen LogP contribution >= 0.6 is 35.4 Å². The molecule has 3 nitrogen and oxygen atoms in total.